The Morgan fingerprint density at radius 1 is 1.00 bits per heavy atom. The molecule has 1 aromatic heterocycles. The molecule has 0 spiro atoms. The van der Waals surface area contributed by atoms with Gasteiger partial charge in [-0.2, -0.15) is 5.10 Å². The van der Waals surface area contributed by atoms with Gasteiger partial charge in [-0.15, -0.1) is 0 Å². The normalized spacial score (nSPS) is 20.4. The maximum atomic E-state index is 9.44. The minimum Gasteiger partial charge on any atom is -0.394 e. The number of likely N-dealkylation sites (tertiary alicyclic amines) is 1. The lowest BCUT2D eigenvalue weighted by molar-refractivity contribution is 0.244. The summed E-state index contributed by atoms with van der Waals surface area (Å²) >= 11 is 0. The summed E-state index contributed by atoms with van der Waals surface area (Å²) in [6.45, 7) is 3.77. The summed E-state index contributed by atoms with van der Waals surface area (Å²) in [7, 11) is 0. The molecule has 1 aliphatic heterocycles. The number of hydrogen-bond donors (Lipinski definition) is 1. The molecule has 4 rings (SSSR count). The monoisotopic (exact) mass is 340 g/mol. The molecule has 25 heavy (non-hydrogen) atoms. The predicted octanol–water partition coefficient (Wildman–Crippen LogP) is 2.73. The third kappa shape index (κ3) is 3.48. The summed E-state index contributed by atoms with van der Waals surface area (Å²) in [5.41, 5.74) is 1.31. The first-order chi connectivity index (χ1) is 12.3. The van der Waals surface area contributed by atoms with Crippen LogP contribution in [-0.2, 0) is 18.5 Å². The van der Waals surface area contributed by atoms with Crippen LogP contribution in [0.2, 0.25) is 0 Å². The van der Waals surface area contributed by atoms with Gasteiger partial charge < -0.3 is 5.11 Å². The van der Waals surface area contributed by atoms with Crippen molar-refractivity contribution in [2.24, 2.45) is 0 Å². The highest BCUT2D eigenvalue weighted by Crippen LogP contribution is 2.52. The molecule has 1 saturated heterocycles. The van der Waals surface area contributed by atoms with E-state index in [1.807, 2.05) is 4.68 Å². The van der Waals surface area contributed by atoms with Crippen LogP contribution >= 0.6 is 0 Å². The van der Waals surface area contributed by atoms with Gasteiger partial charge >= 0.3 is 0 Å². The molecular formula is C20H28N4O. The Hall–Kier alpha value is -1.72. The molecular weight excluding hydrogens is 312 g/mol. The fourth-order valence-corrected chi connectivity index (χ4v) is 3.99. The molecule has 1 aliphatic carbocycles. The van der Waals surface area contributed by atoms with Crippen molar-refractivity contribution in [3.8, 4) is 0 Å². The average Bonchev–Trinajstić information content (AvgIpc) is 3.40. The van der Waals surface area contributed by atoms with Gasteiger partial charge in [0.1, 0.15) is 5.82 Å². The number of hydrogen-bond acceptors (Lipinski definition) is 4. The summed E-state index contributed by atoms with van der Waals surface area (Å²) in [4.78, 5) is 7.46. The Balaban J connectivity index is 1.59. The Bertz CT molecular complexity index is 685. The van der Waals surface area contributed by atoms with Crippen LogP contribution in [-0.4, -0.2) is 44.5 Å². The first kappa shape index (κ1) is 16.7. The second kappa shape index (κ2) is 7.26. The molecule has 0 amide bonds. The Kier molecular flexibility index (Phi) is 4.86. The van der Waals surface area contributed by atoms with E-state index in [1.54, 1.807) is 0 Å². The minimum absolute atomic E-state index is 0.00446. The van der Waals surface area contributed by atoms with Crippen molar-refractivity contribution in [2.45, 2.75) is 57.0 Å². The number of benzene rings is 1. The van der Waals surface area contributed by atoms with Crippen LogP contribution in [0.5, 0.6) is 0 Å². The number of aliphatic hydroxyl groups is 1. The lowest BCUT2D eigenvalue weighted by Gasteiger charge is -2.19. The number of aliphatic hydroxyl groups excluding tert-OH is 1. The second-order valence-corrected chi connectivity index (χ2v) is 7.44. The summed E-state index contributed by atoms with van der Waals surface area (Å²) in [5, 5.41) is 14.3. The third-order valence-corrected chi connectivity index (χ3v) is 5.63. The molecule has 0 radical (unpaired) electrons. The molecule has 5 heteroatoms. The molecule has 0 atom stereocenters. The quantitative estimate of drug-likeness (QED) is 0.878. The van der Waals surface area contributed by atoms with E-state index in [0.29, 0.717) is 6.54 Å². The van der Waals surface area contributed by atoms with Crippen molar-refractivity contribution in [1.82, 2.24) is 19.7 Å². The first-order valence-electron chi connectivity index (χ1n) is 9.65. The van der Waals surface area contributed by atoms with Crippen molar-refractivity contribution in [1.29, 1.82) is 0 Å². The van der Waals surface area contributed by atoms with E-state index < -0.39 is 0 Å². The molecule has 1 aromatic carbocycles. The van der Waals surface area contributed by atoms with Crippen molar-refractivity contribution in [2.75, 3.05) is 19.7 Å². The Labute approximate surface area is 149 Å². The predicted molar refractivity (Wildman–Crippen MR) is 97.3 cm³/mol. The number of aromatic nitrogens is 3. The van der Waals surface area contributed by atoms with Gasteiger partial charge in [0, 0.05) is 0 Å². The van der Waals surface area contributed by atoms with Crippen molar-refractivity contribution in [3.63, 3.8) is 0 Å². The fraction of sp³-hybridized carbons (Fsp3) is 0.600. The van der Waals surface area contributed by atoms with Crippen LogP contribution in [0.3, 0.4) is 0 Å². The van der Waals surface area contributed by atoms with E-state index in [0.717, 1.165) is 44.1 Å². The van der Waals surface area contributed by atoms with E-state index in [9.17, 15) is 5.11 Å². The smallest absolute Gasteiger partial charge is 0.161 e. The van der Waals surface area contributed by atoms with E-state index in [4.69, 9.17) is 10.1 Å². The summed E-state index contributed by atoms with van der Waals surface area (Å²) < 4.78 is 1.93. The van der Waals surface area contributed by atoms with Crippen LogP contribution in [0, 0.1) is 0 Å². The van der Waals surface area contributed by atoms with Gasteiger partial charge in [0.2, 0.25) is 0 Å². The summed E-state index contributed by atoms with van der Waals surface area (Å²) in [6, 6.07) is 10.6. The van der Waals surface area contributed by atoms with Gasteiger partial charge in [-0.1, -0.05) is 43.2 Å². The molecule has 2 aliphatic rings. The van der Waals surface area contributed by atoms with Crippen LogP contribution in [0.15, 0.2) is 30.3 Å². The highest BCUT2D eigenvalue weighted by molar-refractivity contribution is 5.39. The van der Waals surface area contributed by atoms with Gasteiger partial charge in [-0.05, 0) is 44.3 Å². The third-order valence-electron chi connectivity index (χ3n) is 5.63. The molecule has 2 heterocycles. The zero-order chi connectivity index (χ0) is 17.1. The highest BCUT2D eigenvalue weighted by Gasteiger charge is 2.49. The van der Waals surface area contributed by atoms with E-state index >= 15 is 0 Å². The van der Waals surface area contributed by atoms with Crippen molar-refractivity contribution < 1.29 is 5.11 Å². The Morgan fingerprint density at radius 2 is 1.72 bits per heavy atom. The second-order valence-electron chi connectivity index (χ2n) is 7.44. The van der Waals surface area contributed by atoms with E-state index in [1.165, 1.54) is 31.2 Å². The molecule has 0 bridgehead atoms. The fourth-order valence-electron chi connectivity index (χ4n) is 3.99. The lowest BCUT2D eigenvalue weighted by atomic mass is 9.95. The molecule has 1 saturated carbocycles. The van der Waals surface area contributed by atoms with Crippen molar-refractivity contribution in [3.05, 3.63) is 47.5 Å². The molecule has 1 N–H and O–H groups in total. The van der Waals surface area contributed by atoms with Gasteiger partial charge in [0.15, 0.2) is 5.82 Å². The molecule has 0 unspecified atom stereocenters. The van der Waals surface area contributed by atoms with Crippen molar-refractivity contribution >= 4 is 0 Å². The van der Waals surface area contributed by atoms with Gasteiger partial charge in [-0.3, -0.25) is 4.90 Å². The van der Waals surface area contributed by atoms with E-state index in [2.05, 4.69) is 35.2 Å². The van der Waals surface area contributed by atoms with Crippen LogP contribution in [0.25, 0.3) is 0 Å². The SMILES string of the molecule is OCCn1nc(C2(c3ccccc3)CC2)nc1CN1CCCCCC1. The zero-order valence-corrected chi connectivity index (χ0v) is 14.9. The maximum absolute atomic E-state index is 9.44. The van der Waals surface area contributed by atoms with Crippen LogP contribution < -0.4 is 0 Å². The van der Waals surface area contributed by atoms with Crippen LogP contribution in [0.1, 0.15) is 55.7 Å². The molecule has 2 aromatic rings. The van der Waals surface area contributed by atoms with E-state index in [-0.39, 0.29) is 12.0 Å². The largest absolute Gasteiger partial charge is 0.394 e. The summed E-state index contributed by atoms with van der Waals surface area (Å²) in [6.07, 6.45) is 7.45. The Morgan fingerprint density at radius 3 is 2.36 bits per heavy atom. The average molecular weight is 340 g/mol. The molecule has 134 valence electrons. The zero-order valence-electron chi connectivity index (χ0n) is 14.9. The standard InChI is InChI=1S/C20H28N4O/c25-15-14-24-18(16-23-12-6-1-2-7-13-23)21-19(22-24)20(10-11-20)17-8-4-3-5-9-17/h3-5,8-9,25H,1-2,6-7,10-16H2. The summed E-state index contributed by atoms with van der Waals surface area (Å²) in [5.74, 6) is 1.95. The van der Waals surface area contributed by atoms with Crippen LogP contribution in [0.4, 0.5) is 0 Å². The van der Waals surface area contributed by atoms with Gasteiger partial charge in [-0.25, -0.2) is 9.67 Å². The topological polar surface area (TPSA) is 54.2 Å². The minimum atomic E-state index is -0.00446. The highest BCUT2D eigenvalue weighted by atomic mass is 16.3. The van der Waals surface area contributed by atoms with Gasteiger partial charge in [0.25, 0.3) is 0 Å². The molecule has 5 nitrogen and oxygen atoms in total. The number of rotatable bonds is 6. The molecule has 2 fully saturated rings. The first-order valence-corrected chi connectivity index (χ1v) is 9.65. The number of nitrogens with zero attached hydrogens (tertiary/aromatic N) is 4. The lowest BCUT2D eigenvalue weighted by Crippen LogP contribution is -2.26. The maximum Gasteiger partial charge on any atom is 0.161 e. The van der Waals surface area contributed by atoms with Gasteiger partial charge in [0.05, 0.1) is 25.1 Å².